The first-order valence-corrected chi connectivity index (χ1v) is 12.1. The average molecular weight is 567 g/mol. The standard InChI is InChI=1S/C25H19Cl4N3O4/c1-35-8-9-36-20-7-6-13(26)10-16(20)24(33)32-23-25(34)30-19-5-3-2-4-15(19)22(31-23)21-17(28)11-14(27)12-18(21)29/h2-7,10-12,23H,8-9H2,1H3,(H,30,34)(H,32,33)/t23-/m1/s1. The number of nitrogens with one attached hydrogen (secondary N) is 2. The van der Waals surface area contributed by atoms with Crippen molar-refractivity contribution in [1.82, 2.24) is 5.32 Å². The Hall–Kier alpha value is -2.81. The van der Waals surface area contributed by atoms with Crippen LogP contribution < -0.4 is 15.4 Å². The maximum absolute atomic E-state index is 13.3. The monoisotopic (exact) mass is 565 g/mol. The molecule has 1 aliphatic rings. The molecule has 0 unspecified atom stereocenters. The molecule has 0 aliphatic carbocycles. The number of carbonyl (C=O) groups excluding carboxylic acids is 2. The fraction of sp³-hybridized carbons (Fsp3) is 0.160. The van der Waals surface area contributed by atoms with E-state index in [1.54, 1.807) is 36.4 Å². The summed E-state index contributed by atoms with van der Waals surface area (Å²) >= 11 is 25.2. The van der Waals surface area contributed by atoms with E-state index < -0.39 is 18.0 Å². The molecule has 7 nitrogen and oxygen atoms in total. The maximum Gasteiger partial charge on any atom is 0.269 e. The Morgan fingerprint density at radius 2 is 1.72 bits per heavy atom. The number of fused-ring (bicyclic) bond motifs is 1. The normalized spacial score (nSPS) is 14.9. The van der Waals surface area contributed by atoms with Gasteiger partial charge in [-0.05, 0) is 36.4 Å². The van der Waals surface area contributed by atoms with Crippen LogP contribution in [0.3, 0.4) is 0 Å². The number of ether oxygens (including phenoxy) is 2. The van der Waals surface area contributed by atoms with Gasteiger partial charge in [0.05, 0.1) is 33.6 Å². The van der Waals surface area contributed by atoms with Crippen LogP contribution in [0.1, 0.15) is 21.5 Å². The first-order chi connectivity index (χ1) is 17.3. The minimum absolute atomic E-state index is 0.132. The van der Waals surface area contributed by atoms with E-state index >= 15 is 0 Å². The molecule has 186 valence electrons. The van der Waals surface area contributed by atoms with Crippen molar-refractivity contribution in [2.24, 2.45) is 4.99 Å². The predicted molar refractivity (Wildman–Crippen MR) is 142 cm³/mol. The van der Waals surface area contributed by atoms with Gasteiger partial charge in [0, 0.05) is 28.3 Å². The third kappa shape index (κ3) is 5.77. The van der Waals surface area contributed by atoms with Crippen molar-refractivity contribution in [3.8, 4) is 5.75 Å². The summed E-state index contributed by atoms with van der Waals surface area (Å²) in [6.07, 6.45) is -1.33. The second kappa shape index (κ2) is 11.5. The Morgan fingerprint density at radius 1 is 1.00 bits per heavy atom. The van der Waals surface area contributed by atoms with Crippen LogP contribution in [0.2, 0.25) is 20.1 Å². The van der Waals surface area contributed by atoms with Crippen LogP contribution in [-0.4, -0.2) is 44.0 Å². The third-order valence-electron chi connectivity index (χ3n) is 5.19. The van der Waals surface area contributed by atoms with Crippen LogP contribution in [0.5, 0.6) is 5.75 Å². The zero-order chi connectivity index (χ0) is 25.8. The number of anilines is 1. The molecule has 0 spiro atoms. The van der Waals surface area contributed by atoms with Crippen LogP contribution in [0.25, 0.3) is 0 Å². The lowest BCUT2D eigenvalue weighted by Gasteiger charge is -2.16. The van der Waals surface area contributed by atoms with Gasteiger partial charge in [0.1, 0.15) is 12.4 Å². The summed E-state index contributed by atoms with van der Waals surface area (Å²) in [5, 5.41) is 6.59. The molecule has 36 heavy (non-hydrogen) atoms. The van der Waals surface area contributed by atoms with Crippen molar-refractivity contribution in [1.29, 1.82) is 0 Å². The first-order valence-electron chi connectivity index (χ1n) is 10.6. The lowest BCUT2D eigenvalue weighted by Crippen LogP contribution is -2.42. The Balaban J connectivity index is 1.75. The second-order valence-corrected chi connectivity index (χ2v) is 9.30. The van der Waals surface area contributed by atoms with Crippen molar-refractivity contribution in [2.75, 3.05) is 25.6 Å². The van der Waals surface area contributed by atoms with Crippen molar-refractivity contribution in [3.63, 3.8) is 0 Å². The van der Waals surface area contributed by atoms with Gasteiger partial charge in [-0.3, -0.25) is 9.59 Å². The van der Waals surface area contributed by atoms with E-state index in [1.165, 1.54) is 25.3 Å². The molecule has 11 heteroatoms. The molecule has 0 radical (unpaired) electrons. The fourth-order valence-electron chi connectivity index (χ4n) is 3.56. The molecule has 2 amide bonds. The molecule has 1 aliphatic heterocycles. The zero-order valence-electron chi connectivity index (χ0n) is 18.8. The number of halogens is 4. The number of carbonyl (C=O) groups is 2. The fourth-order valence-corrected chi connectivity index (χ4v) is 4.73. The van der Waals surface area contributed by atoms with Gasteiger partial charge in [-0.1, -0.05) is 64.6 Å². The molecule has 0 fully saturated rings. The molecule has 3 aromatic carbocycles. The summed E-state index contributed by atoms with van der Waals surface area (Å²) in [6.45, 7) is 0.538. The highest BCUT2D eigenvalue weighted by Gasteiger charge is 2.30. The zero-order valence-corrected chi connectivity index (χ0v) is 21.8. The van der Waals surface area contributed by atoms with Gasteiger partial charge < -0.3 is 20.1 Å². The molecular weight excluding hydrogens is 548 g/mol. The van der Waals surface area contributed by atoms with E-state index in [1.807, 2.05) is 0 Å². The van der Waals surface area contributed by atoms with Gasteiger partial charge in [0.2, 0.25) is 6.17 Å². The SMILES string of the molecule is COCCOc1ccc(Cl)cc1C(=O)N[C@H]1N=C(c2c(Cl)cc(Cl)cc2Cl)c2ccccc2NC1=O. The summed E-state index contributed by atoms with van der Waals surface area (Å²) < 4.78 is 10.6. The molecule has 3 aromatic rings. The largest absolute Gasteiger partial charge is 0.490 e. The van der Waals surface area contributed by atoms with Crippen molar-refractivity contribution in [3.05, 3.63) is 91.4 Å². The van der Waals surface area contributed by atoms with E-state index in [2.05, 4.69) is 15.6 Å². The molecule has 0 saturated heterocycles. The number of aliphatic imine (C=N–C) groups is 1. The number of hydrogen-bond donors (Lipinski definition) is 2. The Labute approximate surface area is 227 Å². The number of benzodiazepines with no additional fused rings is 1. The van der Waals surface area contributed by atoms with Crippen molar-refractivity contribution in [2.45, 2.75) is 6.17 Å². The maximum atomic E-state index is 13.3. The second-order valence-electron chi connectivity index (χ2n) is 7.61. The topological polar surface area (TPSA) is 89.0 Å². The Morgan fingerprint density at radius 3 is 2.44 bits per heavy atom. The highest BCUT2D eigenvalue weighted by molar-refractivity contribution is 6.44. The minimum Gasteiger partial charge on any atom is -0.490 e. The molecule has 1 atom stereocenters. The molecule has 0 saturated carbocycles. The summed E-state index contributed by atoms with van der Waals surface area (Å²) in [7, 11) is 1.54. The van der Waals surface area contributed by atoms with Gasteiger partial charge >= 0.3 is 0 Å². The summed E-state index contributed by atoms with van der Waals surface area (Å²) in [6, 6.07) is 14.7. The minimum atomic E-state index is -1.33. The van der Waals surface area contributed by atoms with Crippen LogP contribution in [0.4, 0.5) is 5.69 Å². The third-order valence-corrected chi connectivity index (χ3v) is 6.24. The van der Waals surface area contributed by atoms with Gasteiger partial charge in [0.15, 0.2) is 0 Å². The van der Waals surface area contributed by atoms with E-state index in [-0.39, 0.29) is 28.0 Å². The molecular formula is C25H19Cl4N3O4. The number of methoxy groups -OCH3 is 1. The van der Waals surface area contributed by atoms with E-state index in [4.69, 9.17) is 55.9 Å². The lowest BCUT2D eigenvalue weighted by molar-refractivity contribution is -0.117. The molecule has 0 bridgehead atoms. The van der Waals surface area contributed by atoms with E-state index in [0.717, 1.165) is 0 Å². The van der Waals surface area contributed by atoms with E-state index in [9.17, 15) is 9.59 Å². The summed E-state index contributed by atoms with van der Waals surface area (Å²) in [5.74, 6) is -0.900. The van der Waals surface area contributed by atoms with E-state index in [0.29, 0.717) is 39.2 Å². The van der Waals surface area contributed by atoms with Crippen molar-refractivity contribution >= 4 is 69.6 Å². The number of benzene rings is 3. The molecule has 4 rings (SSSR count). The summed E-state index contributed by atoms with van der Waals surface area (Å²) in [4.78, 5) is 31.0. The number of amides is 2. The molecule has 2 N–H and O–H groups in total. The van der Waals surface area contributed by atoms with Crippen LogP contribution in [-0.2, 0) is 9.53 Å². The first kappa shape index (κ1) is 26.3. The Kier molecular flexibility index (Phi) is 8.39. The predicted octanol–water partition coefficient (Wildman–Crippen LogP) is 5.87. The van der Waals surface area contributed by atoms with Crippen molar-refractivity contribution < 1.29 is 19.1 Å². The van der Waals surface area contributed by atoms with Crippen LogP contribution in [0, 0.1) is 0 Å². The van der Waals surface area contributed by atoms with Gasteiger partial charge in [-0.2, -0.15) is 0 Å². The van der Waals surface area contributed by atoms with Crippen LogP contribution >= 0.6 is 46.4 Å². The molecule has 0 aromatic heterocycles. The number of para-hydroxylation sites is 1. The quantitative estimate of drug-likeness (QED) is 0.350. The summed E-state index contributed by atoms with van der Waals surface area (Å²) in [5.41, 5.74) is 1.86. The average Bonchev–Trinajstić information content (AvgIpc) is 2.96. The number of nitrogens with zero attached hydrogens (tertiary/aromatic N) is 1. The number of hydrogen-bond acceptors (Lipinski definition) is 5. The molecule has 1 heterocycles. The van der Waals surface area contributed by atoms with Gasteiger partial charge in [0.25, 0.3) is 11.8 Å². The lowest BCUT2D eigenvalue weighted by atomic mass is 10.0. The highest BCUT2D eigenvalue weighted by Crippen LogP contribution is 2.34. The van der Waals surface area contributed by atoms with Gasteiger partial charge in [-0.25, -0.2) is 4.99 Å². The highest BCUT2D eigenvalue weighted by atomic mass is 35.5. The Bertz CT molecular complexity index is 1340. The number of rotatable bonds is 7. The van der Waals surface area contributed by atoms with Gasteiger partial charge in [-0.15, -0.1) is 0 Å². The smallest absolute Gasteiger partial charge is 0.269 e. The van der Waals surface area contributed by atoms with Crippen LogP contribution in [0.15, 0.2) is 59.6 Å².